The molecule has 124 valence electrons. The SMILES string of the molecule is O=C(NCC1CC1)[C@H]1CC[C@@H]2[C@@H](CCN2Cc2ccccn2)O1. The molecule has 4 rings (SSSR count). The van der Waals surface area contributed by atoms with E-state index < -0.39 is 0 Å². The summed E-state index contributed by atoms with van der Waals surface area (Å²) in [5, 5.41) is 3.06. The van der Waals surface area contributed by atoms with Crippen molar-refractivity contribution in [2.24, 2.45) is 5.92 Å². The van der Waals surface area contributed by atoms with Gasteiger partial charge in [0.25, 0.3) is 0 Å². The average Bonchev–Trinajstić information content (AvgIpc) is 3.34. The number of carbonyl (C=O) groups excluding carboxylic acids is 1. The second-order valence-electron chi connectivity index (χ2n) is 7.08. The molecule has 23 heavy (non-hydrogen) atoms. The summed E-state index contributed by atoms with van der Waals surface area (Å²) in [5.74, 6) is 0.814. The van der Waals surface area contributed by atoms with E-state index in [9.17, 15) is 4.79 Å². The molecule has 0 unspecified atom stereocenters. The second-order valence-corrected chi connectivity index (χ2v) is 7.08. The van der Waals surface area contributed by atoms with Gasteiger partial charge in [0.2, 0.25) is 5.91 Å². The Kier molecular flexibility index (Phi) is 4.31. The molecule has 1 aromatic heterocycles. The first-order chi connectivity index (χ1) is 11.3. The number of amides is 1. The van der Waals surface area contributed by atoms with Crippen molar-refractivity contribution in [3.8, 4) is 0 Å². The van der Waals surface area contributed by atoms with Gasteiger partial charge in [-0.2, -0.15) is 0 Å². The average molecular weight is 315 g/mol. The Morgan fingerprint density at radius 3 is 2.96 bits per heavy atom. The highest BCUT2D eigenvalue weighted by Gasteiger charge is 2.41. The van der Waals surface area contributed by atoms with Crippen molar-refractivity contribution < 1.29 is 9.53 Å². The number of aromatic nitrogens is 1. The number of nitrogens with one attached hydrogen (secondary N) is 1. The Hall–Kier alpha value is -1.46. The number of rotatable bonds is 5. The molecule has 1 saturated carbocycles. The molecule has 5 nitrogen and oxygen atoms in total. The van der Waals surface area contributed by atoms with Crippen LogP contribution in [0.3, 0.4) is 0 Å². The van der Waals surface area contributed by atoms with Crippen LogP contribution in [0.25, 0.3) is 0 Å². The number of fused-ring (bicyclic) bond motifs is 1. The van der Waals surface area contributed by atoms with Crippen LogP contribution in [0.1, 0.15) is 37.8 Å². The van der Waals surface area contributed by atoms with E-state index in [1.54, 1.807) is 0 Å². The lowest BCUT2D eigenvalue weighted by Crippen LogP contribution is -2.48. The molecule has 1 aromatic rings. The standard InChI is InChI=1S/C18H25N3O2/c22-18(20-11-13-4-5-13)17-7-6-15-16(23-17)8-10-21(15)12-14-3-1-2-9-19-14/h1-3,9,13,15-17H,4-8,10-12H2,(H,20,22)/t15-,16-,17-/m1/s1. The van der Waals surface area contributed by atoms with Crippen molar-refractivity contribution in [2.45, 2.75) is 56.9 Å². The molecule has 2 saturated heterocycles. The summed E-state index contributed by atoms with van der Waals surface area (Å²) in [5.41, 5.74) is 1.11. The highest BCUT2D eigenvalue weighted by Crippen LogP contribution is 2.32. The van der Waals surface area contributed by atoms with Crippen LogP contribution in [0.5, 0.6) is 0 Å². The zero-order chi connectivity index (χ0) is 15.6. The quantitative estimate of drug-likeness (QED) is 0.899. The Balaban J connectivity index is 1.30. The normalized spacial score (nSPS) is 30.9. The van der Waals surface area contributed by atoms with E-state index in [4.69, 9.17) is 4.74 Å². The van der Waals surface area contributed by atoms with Crippen LogP contribution in [0, 0.1) is 5.92 Å². The monoisotopic (exact) mass is 315 g/mol. The van der Waals surface area contributed by atoms with E-state index >= 15 is 0 Å². The van der Waals surface area contributed by atoms with E-state index in [1.807, 2.05) is 18.3 Å². The van der Waals surface area contributed by atoms with Gasteiger partial charge in [-0.25, -0.2) is 0 Å². The number of pyridine rings is 1. The van der Waals surface area contributed by atoms with Gasteiger partial charge in [-0.05, 0) is 50.2 Å². The molecule has 5 heteroatoms. The largest absolute Gasteiger partial charge is 0.363 e. The van der Waals surface area contributed by atoms with Crippen LogP contribution >= 0.6 is 0 Å². The Morgan fingerprint density at radius 1 is 1.26 bits per heavy atom. The zero-order valence-corrected chi connectivity index (χ0v) is 13.5. The number of hydrogen-bond donors (Lipinski definition) is 1. The van der Waals surface area contributed by atoms with Gasteiger partial charge in [-0.3, -0.25) is 14.7 Å². The summed E-state index contributed by atoms with van der Waals surface area (Å²) in [4.78, 5) is 19.1. The first-order valence-electron chi connectivity index (χ1n) is 8.87. The molecular weight excluding hydrogens is 290 g/mol. The van der Waals surface area contributed by atoms with E-state index in [0.717, 1.165) is 50.5 Å². The fourth-order valence-electron chi connectivity index (χ4n) is 3.78. The molecule has 3 fully saturated rings. The Labute approximate surface area is 137 Å². The molecule has 0 spiro atoms. The Morgan fingerprint density at radius 2 is 2.17 bits per heavy atom. The summed E-state index contributed by atoms with van der Waals surface area (Å²) >= 11 is 0. The van der Waals surface area contributed by atoms with Gasteiger partial charge in [0, 0.05) is 31.9 Å². The van der Waals surface area contributed by atoms with Gasteiger partial charge in [0.1, 0.15) is 6.10 Å². The zero-order valence-electron chi connectivity index (χ0n) is 13.5. The molecule has 0 aromatic carbocycles. The lowest BCUT2D eigenvalue weighted by atomic mass is 9.98. The van der Waals surface area contributed by atoms with Crippen LogP contribution in [-0.4, -0.2) is 47.1 Å². The first kappa shape index (κ1) is 15.1. The summed E-state index contributed by atoms with van der Waals surface area (Å²) in [6, 6.07) is 6.49. The van der Waals surface area contributed by atoms with E-state index in [0.29, 0.717) is 6.04 Å². The van der Waals surface area contributed by atoms with Crippen molar-refractivity contribution in [2.75, 3.05) is 13.1 Å². The maximum atomic E-state index is 12.2. The van der Waals surface area contributed by atoms with Gasteiger partial charge in [-0.1, -0.05) is 6.07 Å². The third-order valence-electron chi connectivity index (χ3n) is 5.31. The van der Waals surface area contributed by atoms with Crippen molar-refractivity contribution in [1.29, 1.82) is 0 Å². The predicted molar refractivity (Wildman–Crippen MR) is 86.7 cm³/mol. The topological polar surface area (TPSA) is 54.5 Å². The van der Waals surface area contributed by atoms with Gasteiger partial charge in [-0.15, -0.1) is 0 Å². The van der Waals surface area contributed by atoms with Gasteiger partial charge >= 0.3 is 0 Å². The summed E-state index contributed by atoms with van der Waals surface area (Å²) in [6.45, 7) is 2.74. The number of hydrogen-bond acceptors (Lipinski definition) is 4. The molecule has 3 aliphatic rings. The van der Waals surface area contributed by atoms with Crippen molar-refractivity contribution in [3.63, 3.8) is 0 Å². The highest BCUT2D eigenvalue weighted by atomic mass is 16.5. The fourth-order valence-corrected chi connectivity index (χ4v) is 3.78. The smallest absolute Gasteiger partial charge is 0.249 e. The molecule has 1 N–H and O–H groups in total. The van der Waals surface area contributed by atoms with Crippen molar-refractivity contribution in [1.82, 2.24) is 15.2 Å². The fraction of sp³-hybridized carbons (Fsp3) is 0.667. The van der Waals surface area contributed by atoms with Gasteiger partial charge in [0.15, 0.2) is 0 Å². The number of carbonyl (C=O) groups is 1. The number of nitrogens with zero attached hydrogens (tertiary/aromatic N) is 2. The molecule has 0 bridgehead atoms. The molecular formula is C18H25N3O2. The molecule has 3 heterocycles. The minimum Gasteiger partial charge on any atom is -0.363 e. The minimum absolute atomic E-state index is 0.0959. The predicted octanol–water partition coefficient (Wildman–Crippen LogP) is 1.73. The highest BCUT2D eigenvalue weighted by molar-refractivity contribution is 5.80. The minimum atomic E-state index is -0.246. The number of ether oxygens (including phenoxy) is 1. The lowest BCUT2D eigenvalue weighted by molar-refractivity contribution is -0.144. The van der Waals surface area contributed by atoms with Crippen molar-refractivity contribution in [3.05, 3.63) is 30.1 Å². The van der Waals surface area contributed by atoms with E-state index in [-0.39, 0.29) is 18.1 Å². The van der Waals surface area contributed by atoms with Crippen LogP contribution in [0.4, 0.5) is 0 Å². The van der Waals surface area contributed by atoms with Gasteiger partial charge in [0.05, 0.1) is 11.8 Å². The van der Waals surface area contributed by atoms with Crippen LogP contribution in [0.2, 0.25) is 0 Å². The molecule has 0 radical (unpaired) electrons. The summed E-state index contributed by atoms with van der Waals surface area (Å²) < 4.78 is 6.12. The third kappa shape index (κ3) is 3.56. The molecule has 1 aliphatic carbocycles. The molecule has 1 amide bonds. The number of likely N-dealkylation sites (tertiary alicyclic amines) is 1. The summed E-state index contributed by atoms with van der Waals surface area (Å²) in [6.07, 6.45) is 7.21. The Bertz CT molecular complexity index is 546. The third-order valence-corrected chi connectivity index (χ3v) is 5.31. The van der Waals surface area contributed by atoms with E-state index in [2.05, 4.69) is 21.3 Å². The molecule has 3 atom stereocenters. The first-order valence-corrected chi connectivity index (χ1v) is 8.87. The maximum absolute atomic E-state index is 12.2. The molecule has 2 aliphatic heterocycles. The van der Waals surface area contributed by atoms with Gasteiger partial charge < -0.3 is 10.1 Å². The maximum Gasteiger partial charge on any atom is 0.249 e. The van der Waals surface area contributed by atoms with Crippen LogP contribution < -0.4 is 5.32 Å². The van der Waals surface area contributed by atoms with Crippen molar-refractivity contribution >= 4 is 5.91 Å². The van der Waals surface area contributed by atoms with Crippen LogP contribution in [-0.2, 0) is 16.1 Å². The summed E-state index contributed by atoms with van der Waals surface area (Å²) in [7, 11) is 0. The lowest BCUT2D eigenvalue weighted by Gasteiger charge is -2.35. The van der Waals surface area contributed by atoms with E-state index in [1.165, 1.54) is 12.8 Å². The van der Waals surface area contributed by atoms with Crippen LogP contribution in [0.15, 0.2) is 24.4 Å². The second kappa shape index (κ2) is 6.57.